The number of benzene rings is 1. The van der Waals surface area contributed by atoms with Gasteiger partial charge in [-0.15, -0.1) is 0 Å². The molecule has 0 aliphatic heterocycles. The van der Waals surface area contributed by atoms with E-state index in [1.54, 1.807) is 7.05 Å². The maximum absolute atomic E-state index is 13.6. The van der Waals surface area contributed by atoms with Gasteiger partial charge >= 0.3 is 0 Å². The van der Waals surface area contributed by atoms with Gasteiger partial charge in [-0.3, -0.25) is 4.79 Å². The van der Waals surface area contributed by atoms with Gasteiger partial charge in [0.2, 0.25) is 0 Å². The van der Waals surface area contributed by atoms with Crippen molar-refractivity contribution in [3.8, 4) is 0 Å². The lowest BCUT2D eigenvalue weighted by molar-refractivity contribution is 0.0615. The van der Waals surface area contributed by atoms with Crippen LogP contribution < -0.4 is 5.73 Å². The van der Waals surface area contributed by atoms with Gasteiger partial charge < -0.3 is 10.6 Å². The highest BCUT2D eigenvalue weighted by molar-refractivity contribution is 5.95. The maximum Gasteiger partial charge on any atom is 0.257 e. The number of nitrogens with two attached hydrogens (primary N) is 1. The summed E-state index contributed by atoms with van der Waals surface area (Å²) in [5, 5.41) is 0. The van der Waals surface area contributed by atoms with Crippen molar-refractivity contribution < 1.29 is 13.6 Å². The van der Waals surface area contributed by atoms with E-state index in [4.69, 9.17) is 5.73 Å². The molecule has 0 heterocycles. The molecule has 0 atom stereocenters. The number of anilines is 1. The van der Waals surface area contributed by atoms with E-state index in [0.29, 0.717) is 12.5 Å². The molecule has 0 fully saturated rings. The molecular formula is C13H18F2N2O. The molecule has 0 unspecified atom stereocenters. The van der Waals surface area contributed by atoms with Crippen LogP contribution in [0.4, 0.5) is 14.5 Å². The Balaban J connectivity index is 3.16. The highest BCUT2D eigenvalue weighted by atomic mass is 19.1. The molecule has 0 saturated carbocycles. The third-order valence-corrected chi connectivity index (χ3v) is 3.39. The van der Waals surface area contributed by atoms with Crippen LogP contribution in [0.2, 0.25) is 0 Å². The van der Waals surface area contributed by atoms with E-state index in [-0.39, 0.29) is 11.3 Å². The van der Waals surface area contributed by atoms with Gasteiger partial charge in [0.1, 0.15) is 11.6 Å². The molecule has 0 aliphatic rings. The van der Waals surface area contributed by atoms with Crippen LogP contribution in [-0.4, -0.2) is 23.4 Å². The van der Waals surface area contributed by atoms with Gasteiger partial charge in [-0.2, -0.15) is 0 Å². The second-order valence-corrected chi connectivity index (χ2v) is 4.88. The SMILES string of the molecule is CCC(C)(C)N(C)C(=O)c1cc(N)c(F)cc1F. The molecule has 18 heavy (non-hydrogen) atoms. The summed E-state index contributed by atoms with van der Waals surface area (Å²) < 4.78 is 26.6. The minimum atomic E-state index is -0.898. The van der Waals surface area contributed by atoms with Crippen LogP contribution in [0.1, 0.15) is 37.6 Å². The number of amides is 1. The molecule has 5 heteroatoms. The monoisotopic (exact) mass is 256 g/mol. The Morgan fingerprint density at radius 3 is 2.39 bits per heavy atom. The molecule has 100 valence electrons. The average Bonchev–Trinajstić information content (AvgIpc) is 2.32. The van der Waals surface area contributed by atoms with E-state index in [2.05, 4.69) is 0 Å². The first-order valence-corrected chi connectivity index (χ1v) is 5.73. The number of nitrogen functional groups attached to an aromatic ring is 1. The molecule has 0 saturated heterocycles. The van der Waals surface area contributed by atoms with Crippen LogP contribution in [0, 0.1) is 11.6 Å². The first kappa shape index (κ1) is 14.4. The van der Waals surface area contributed by atoms with Crippen LogP contribution in [0.15, 0.2) is 12.1 Å². The molecule has 0 radical (unpaired) electrons. The van der Waals surface area contributed by atoms with E-state index >= 15 is 0 Å². The molecule has 0 spiro atoms. The number of rotatable bonds is 3. The summed E-state index contributed by atoms with van der Waals surface area (Å²) in [5.74, 6) is -2.27. The third-order valence-electron chi connectivity index (χ3n) is 3.39. The van der Waals surface area contributed by atoms with E-state index < -0.39 is 23.1 Å². The quantitative estimate of drug-likeness (QED) is 0.845. The molecule has 1 aromatic rings. The summed E-state index contributed by atoms with van der Waals surface area (Å²) in [6, 6.07) is 1.67. The lowest BCUT2D eigenvalue weighted by Gasteiger charge is -2.35. The van der Waals surface area contributed by atoms with Crippen molar-refractivity contribution in [1.29, 1.82) is 0 Å². The van der Waals surface area contributed by atoms with Crippen molar-refractivity contribution in [2.24, 2.45) is 0 Å². The van der Waals surface area contributed by atoms with Crippen LogP contribution in [0.3, 0.4) is 0 Å². The van der Waals surface area contributed by atoms with Crippen LogP contribution in [0.5, 0.6) is 0 Å². The topological polar surface area (TPSA) is 46.3 Å². The summed E-state index contributed by atoms with van der Waals surface area (Å²) in [6.45, 7) is 5.67. The minimum absolute atomic E-state index is 0.210. The lowest BCUT2D eigenvalue weighted by Crippen LogP contribution is -2.44. The Labute approximate surface area is 106 Å². The van der Waals surface area contributed by atoms with Crippen molar-refractivity contribution >= 4 is 11.6 Å². The zero-order valence-corrected chi connectivity index (χ0v) is 11.1. The zero-order chi connectivity index (χ0) is 14.1. The van der Waals surface area contributed by atoms with Gasteiger partial charge in [-0.05, 0) is 26.3 Å². The van der Waals surface area contributed by atoms with E-state index in [1.165, 1.54) is 4.90 Å². The van der Waals surface area contributed by atoms with Crippen molar-refractivity contribution in [1.82, 2.24) is 4.90 Å². The minimum Gasteiger partial charge on any atom is -0.396 e. The Morgan fingerprint density at radius 2 is 1.89 bits per heavy atom. The molecule has 2 N–H and O–H groups in total. The highest BCUT2D eigenvalue weighted by Crippen LogP contribution is 2.23. The Bertz CT molecular complexity index is 472. The predicted octanol–water partition coefficient (Wildman–Crippen LogP) is 2.81. The number of hydrogen-bond acceptors (Lipinski definition) is 2. The van der Waals surface area contributed by atoms with Crippen LogP contribution in [0.25, 0.3) is 0 Å². The molecular weight excluding hydrogens is 238 g/mol. The number of nitrogens with zero attached hydrogens (tertiary/aromatic N) is 1. The van der Waals surface area contributed by atoms with Crippen molar-refractivity contribution in [2.45, 2.75) is 32.7 Å². The molecule has 3 nitrogen and oxygen atoms in total. The van der Waals surface area contributed by atoms with Crippen molar-refractivity contribution in [2.75, 3.05) is 12.8 Å². The summed E-state index contributed by atoms with van der Waals surface area (Å²) in [6.07, 6.45) is 0.716. The molecule has 1 aromatic carbocycles. The van der Waals surface area contributed by atoms with Gasteiger partial charge in [-0.25, -0.2) is 8.78 Å². The largest absolute Gasteiger partial charge is 0.396 e. The summed E-state index contributed by atoms with van der Waals surface area (Å²) in [5.41, 5.74) is 4.50. The fourth-order valence-corrected chi connectivity index (χ4v) is 1.42. The first-order chi connectivity index (χ1) is 8.20. The van der Waals surface area contributed by atoms with Crippen molar-refractivity contribution in [3.63, 3.8) is 0 Å². The standard InChI is InChI=1S/C13H18F2N2O/c1-5-13(2,3)17(4)12(18)8-6-11(16)10(15)7-9(8)14/h6-7H,5,16H2,1-4H3. The average molecular weight is 256 g/mol. The Morgan fingerprint density at radius 1 is 1.33 bits per heavy atom. The van der Waals surface area contributed by atoms with Crippen LogP contribution >= 0.6 is 0 Å². The predicted molar refractivity (Wildman–Crippen MR) is 67.2 cm³/mol. The van der Waals surface area contributed by atoms with E-state index in [1.807, 2.05) is 20.8 Å². The van der Waals surface area contributed by atoms with Gasteiger partial charge in [-0.1, -0.05) is 6.92 Å². The molecule has 0 aromatic heterocycles. The highest BCUT2D eigenvalue weighted by Gasteiger charge is 2.28. The molecule has 1 amide bonds. The number of halogens is 2. The van der Waals surface area contributed by atoms with E-state index in [9.17, 15) is 13.6 Å². The smallest absolute Gasteiger partial charge is 0.257 e. The first-order valence-electron chi connectivity index (χ1n) is 5.73. The van der Waals surface area contributed by atoms with E-state index in [0.717, 1.165) is 6.07 Å². The van der Waals surface area contributed by atoms with Gasteiger partial charge in [0.05, 0.1) is 11.3 Å². The summed E-state index contributed by atoms with van der Waals surface area (Å²) in [4.78, 5) is 13.6. The second kappa shape index (κ2) is 4.92. The molecule has 1 rings (SSSR count). The van der Waals surface area contributed by atoms with Gasteiger partial charge in [0.15, 0.2) is 0 Å². The fraction of sp³-hybridized carbons (Fsp3) is 0.462. The maximum atomic E-state index is 13.6. The third kappa shape index (κ3) is 2.60. The Kier molecular flexibility index (Phi) is 3.94. The zero-order valence-electron chi connectivity index (χ0n) is 11.1. The van der Waals surface area contributed by atoms with Gasteiger partial charge in [0.25, 0.3) is 5.91 Å². The molecule has 0 aliphatic carbocycles. The van der Waals surface area contributed by atoms with Crippen LogP contribution in [-0.2, 0) is 0 Å². The summed E-state index contributed by atoms with van der Waals surface area (Å²) >= 11 is 0. The normalized spacial score (nSPS) is 11.4. The summed E-state index contributed by atoms with van der Waals surface area (Å²) in [7, 11) is 1.59. The number of carbonyl (C=O) groups is 1. The van der Waals surface area contributed by atoms with Crippen molar-refractivity contribution in [3.05, 3.63) is 29.3 Å². The second-order valence-electron chi connectivity index (χ2n) is 4.88. The molecule has 0 bridgehead atoms. The Hall–Kier alpha value is -1.65. The fourth-order valence-electron chi connectivity index (χ4n) is 1.42. The number of hydrogen-bond donors (Lipinski definition) is 1. The number of carbonyl (C=O) groups excluding carboxylic acids is 1. The lowest BCUT2D eigenvalue weighted by atomic mass is 9.98. The van der Waals surface area contributed by atoms with Gasteiger partial charge in [0, 0.05) is 18.7 Å².